The molecular weight excluding hydrogens is 318 g/mol. The molecule has 4 nitrogen and oxygen atoms in total. The predicted octanol–water partition coefficient (Wildman–Crippen LogP) is 3.85. The third-order valence-electron chi connectivity index (χ3n) is 3.67. The standard InChI is InChI=1S/C19H19N3OS/c23-19(21-11-8-15-5-2-1-3-6-15)22-13-16-7-4-10-20-18(16)17-9-12-24-14-17/h1-7,9-10,12,14H,8,11,13H2,(H2,21,22,23). The number of carbonyl (C=O) groups excluding carboxylic acids is 1. The maximum atomic E-state index is 12.0. The Bertz CT molecular complexity index is 772. The number of urea groups is 1. The van der Waals surface area contributed by atoms with E-state index >= 15 is 0 Å². The normalized spacial score (nSPS) is 10.3. The number of nitrogens with zero attached hydrogens (tertiary/aromatic N) is 1. The molecule has 2 N–H and O–H groups in total. The number of amides is 2. The Kier molecular flexibility index (Phi) is 5.58. The van der Waals surface area contributed by atoms with Crippen LogP contribution >= 0.6 is 11.3 Å². The van der Waals surface area contributed by atoms with Crippen molar-refractivity contribution in [1.82, 2.24) is 15.6 Å². The molecule has 5 heteroatoms. The summed E-state index contributed by atoms with van der Waals surface area (Å²) >= 11 is 1.64. The van der Waals surface area contributed by atoms with Crippen molar-refractivity contribution in [2.45, 2.75) is 13.0 Å². The summed E-state index contributed by atoms with van der Waals surface area (Å²) in [6.45, 7) is 1.07. The monoisotopic (exact) mass is 337 g/mol. The molecule has 0 aliphatic rings. The van der Waals surface area contributed by atoms with E-state index in [1.807, 2.05) is 41.8 Å². The molecule has 0 bridgehead atoms. The fraction of sp³-hybridized carbons (Fsp3) is 0.158. The van der Waals surface area contributed by atoms with Gasteiger partial charge in [-0.2, -0.15) is 11.3 Å². The summed E-state index contributed by atoms with van der Waals surface area (Å²) in [6, 6.07) is 15.9. The molecule has 0 saturated carbocycles. The van der Waals surface area contributed by atoms with E-state index < -0.39 is 0 Å². The van der Waals surface area contributed by atoms with Gasteiger partial charge in [-0.05, 0) is 35.1 Å². The number of hydrogen-bond acceptors (Lipinski definition) is 3. The molecule has 0 aliphatic carbocycles. The first kappa shape index (κ1) is 16.2. The molecule has 0 unspecified atom stereocenters. The highest BCUT2D eigenvalue weighted by molar-refractivity contribution is 7.08. The summed E-state index contributed by atoms with van der Waals surface area (Å²) in [6.07, 6.45) is 2.59. The number of hydrogen-bond donors (Lipinski definition) is 2. The molecule has 24 heavy (non-hydrogen) atoms. The van der Waals surface area contributed by atoms with Crippen LogP contribution in [0.2, 0.25) is 0 Å². The minimum Gasteiger partial charge on any atom is -0.338 e. The fourth-order valence-electron chi connectivity index (χ4n) is 2.44. The second kappa shape index (κ2) is 8.26. The zero-order valence-electron chi connectivity index (χ0n) is 13.2. The highest BCUT2D eigenvalue weighted by atomic mass is 32.1. The van der Waals surface area contributed by atoms with Crippen molar-refractivity contribution in [1.29, 1.82) is 0 Å². The molecule has 0 aliphatic heterocycles. The minimum atomic E-state index is -0.161. The van der Waals surface area contributed by atoms with Gasteiger partial charge in [-0.25, -0.2) is 4.79 Å². The molecule has 3 rings (SSSR count). The molecule has 1 aromatic carbocycles. The quantitative estimate of drug-likeness (QED) is 0.718. The van der Waals surface area contributed by atoms with E-state index in [4.69, 9.17) is 0 Å². The van der Waals surface area contributed by atoms with Gasteiger partial charge in [0.25, 0.3) is 0 Å². The van der Waals surface area contributed by atoms with Crippen LogP contribution in [0.5, 0.6) is 0 Å². The molecule has 0 radical (unpaired) electrons. The summed E-state index contributed by atoms with van der Waals surface area (Å²) in [5.74, 6) is 0. The maximum absolute atomic E-state index is 12.0. The molecule has 2 heterocycles. The van der Waals surface area contributed by atoms with E-state index in [2.05, 4.69) is 33.1 Å². The first-order chi connectivity index (χ1) is 11.8. The van der Waals surface area contributed by atoms with Crippen molar-refractivity contribution in [2.24, 2.45) is 0 Å². The summed E-state index contributed by atoms with van der Waals surface area (Å²) in [7, 11) is 0. The number of rotatable bonds is 6. The van der Waals surface area contributed by atoms with Crippen LogP contribution in [0.4, 0.5) is 4.79 Å². The number of carbonyl (C=O) groups is 1. The molecule has 0 spiro atoms. The topological polar surface area (TPSA) is 54.0 Å². The summed E-state index contributed by atoms with van der Waals surface area (Å²) < 4.78 is 0. The van der Waals surface area contributed by atoms with Gasteiger partial charge in [0.15, 0.2) is 0 Å². The second-order valence-electron chi connectivity index (χ2n) is 5.37. The van der Waals surface area contributed by atoms with Crippen LogP contribution in [-0.4, -0.2) is 17.6 Å². The van der Waals surface area contributed by atoms with E-state index in [0.29, 0.717) is 13.1 Å². The van der Waals surface area contributed by atoms with Crippen LogP contribution in [0, 0.1) is 0 Å². The first-order valence-corrected chi connectivity index (χ1v) is 8.79. The van der Waals surface area contributed by atoms with Gasteiger partial charge < -0.3 is 10.6 Å². The van der Waals surface area contributed by atoms with Crippen molar-refractivity contribution < 1.29 is 4.79 Å². The van der Waals surface area contributed by atoms with Crippen LogP contribution < -0.4 is 10.6 Å². The Labute approximate surface area is 145 Å². The fourth-order valence-corrected chi connectivity index (χ4v) is 3.08. The average molecular weight is 337 g/mol. The highest BCUT2D eigenvalue weighted by Crippen LogP contribution is 2.23. The zero-order valence-corrected chi connectivity index (χ0v) is 14.1. The van der Waals surface area contributed by atoms with Gasteiger partial charge in [0.1, 0.15) is 0 Å². The van der Waals surface area contributed by atoms with Crippen molar-refractivity contribution in [3.8, 4) is 11.3 Å². The Morgan fingerprint density at radius 2 is 1.92 bits per heavy atom. The average Bonchev–Trinajstić information content (AvgIpc) is 3.16. The zero-order chi connectivity index (χ0) is 16.6. The van der Waals surface area contributed by atoms with Gasteiger partial charge in [-0.15, -0.1) is 0 Å². The summed E-state index contributed by atoms with van der Waals surface area (Å²) in [5, 5.41) is 9.87. The lowest BCUT2D eigenvalue weighted by Crippen LogP contribution is -2.36. The lowest BCUT2D eigenvalue weighted by atomic mass is 10.1. The first-order valence-electron chi connectivity index (χ1n) is 7.85. The minimum absolute atomic E-state index is 0.161. The SMILES string of the molecule is O=C(NCCc1ccccc1)NCc1cccnc1-c1ccsc1. The van der Waals surface area contributed by atoms with Gasteiger partial charge >= 0.3 is 6.03 Å². The lowest BCUT2D eigenvalue weighted by Gasteiger charge is -2.10. The van der Waals surface area contributed by atoms with Crippen molar-refractivity contribution in [3.05, 3.63) is 76.6 Å². The summed E-state index contributed by atoms with van der Waals surface area (Å²) in [4.78, 5) is 16.4. The molecule has 0 fully saturated rings. The third-order valence-corrected chi connectivity index (χ3v) is 4.35. The smallest absolute Gasteiger partial charge is 0.315 e. The van der Waals surface area contributed by atoms with Crippen LogP contribution in [-0.2, 0) is 13.0 Å². The Balaban J connectivity index is 1.50. The van der Waals surface area contributed by atoms with Gasteiger partial charge in [-0.1, -0.05) is 36.4 Å². The molecule has 3 aromatic rings. The van der Waals surface area contributed by atoms with Gasteiger partial charge in [0.2, 0.25) is 0 Å². The Hall–Kier alpha value is -2.66. The van der Waals surface area contributed by atoms with Crippen LogP contribution in [0.3, 0.4) is 0 Å². The maximum Gasteiger partial charge on any atom is 0.315 e. The van der Waals surface area contributed by atoms with E-state index in [1.165, 1.54) is 5.56 Å². The van der Waals surface area contributed by atoms with E-state index in [9.17, 15) is 4.79 Å². The van der Waals surface area contributed by atoms with E-state index in [1.54, 1.807) is 17.5 Å². The number of pyridine rings is 1. The van der Waals surface area contributed by atoms with Gasteiger partial charge in [0.05, 0.1) is 5.69 Å². The second-order valence-corrected chi connectivity index (χ2v) is 6.15. The highest BCUT2D eigenvalue weighted by Gasteiger charge is 2.08. The van der Waals surface area contributed by atoms with Crippen molar-refractivity contribution >= 4 is 17.4 Å². The number of nitrogens with one attached hydrogen (secondary N) is 2. The molecule has 0 saturated heterocycles. The van der Waals surface area contributed by atoms with E-state index in [-0.39, 0.29) is 6.03 Å². The molecule has 2 amide bonds. The molecule has 0 atom stereocenters. The molecule has 2 aromatic heterocycles. The van der Waals surface area contributed by atoms with Crippen LogP contribution in [0.15, 0.2) is 65.5 Å². The lowest BCUT2D eigenvalue weighted by molar-refractivity contribution is 0.240. The predicted molar refractivity (Wildman–Crippen MR) is 97.9 cm³/mol. The van der Waals surface area contributed by atoms with Crippen LogP contribution in [0.25, 0.3) is 11.3 Å². The summed E-state index contributed by atoms with van der Waals surface area (Å²) in [5.41, 5.74) is 4.23. The number of benzene rings is 1. The van der Waals surface area contributed by atoms with Crippen molar-refractivity contribution in [2.75, 3.05) is 6.54 Å². The molecule has 122 valence electrons. The van der Waals surface area contributed by atoms with E-state index in [0.717, 1.165) is 23.2 Å². The molecular formula is C19H19N3OS. The largest absolute Gasteiger partial charge is 0.338 e. The Morgan fingerprint density at radius 1 is 1.04 bits per heavy atom. The number of aromatic nitrogens is 1. The van der Waals surface area contributed by atoms with Crippen LogP contribution in [0.1, 0.15) is 11.1 Å². The van der Waals surface area contributed by atoms with Gasteiger partial charge in [0, 0.05) is 30.2 Å². The third kappa shape index (κ3) is 4.43. The Morgan fingerprint density at radius 3 is 2.71 bits per heavy atom. The number of thiophene rings is 1. The van der Waals surface area contributed by atoms with Crippen molar-refractivity contribution in [3.63, 3.8) is 0 Å². The van der Waals surface area contributed by atoms with Gasteiger partial charge in [-0.3, -0.25) is 4.98 Å².